The van der Waals surface area contributed by atoms with E-state index in [-0.39, 0.29) is 0 Å². The molecule has 0 aliphatic rings. The van der Waals surface area contributed by atoms with E-state index in [1.807, 2.05) is 6.08 Å². The Bertz CT molecular complexity index is 194. The molecule has 0 aliphatic heterocycles. The number of unbranched alkanes of at least 4 members (excludes halogenated alkanes) is 3. The molecule has 0 spiro atoms. The molecule has 0 aromatic heterocycles. The molecular weight excluding hydrogens is 176 g/mol. The van der Waals surface area contributed by atoms with Gasteiger partial charge in [-0.05, 0) is 19.3 Å². The summed E-state index contributed by atoms with van der Waals surface area (Å²) in [7, 11) is 0. The van der Waals surface area contributed by atoms with Gasteiger partial charge in [-0.25, -0.2) is 4.79 Å². The highest BCUT2D eigenvalue weighted by Gasteiger charge is 2.03. The van der Waals surface area contributed by atoms with Gasteiger partial charge in [-0.3, -0.25) is 0 Å². The van der Waals surface area contributed by atoms with Gasteiger partial charge in [0.25, 0.3) is 0 Å². The number of carbonyl (C=O) groups is 1. The Kier molecular flexibility index (Phi) is 7.17. The van der Waals surface area contributed by atoms with Gasteiger partial charge in [0.05, 0.1) is 0 Å². The fourth-order valence-electron chi connectivity index (χ4n) is 1.47. The van der Waals surface area contributed by atoms with Gasteiger partial charge in [0.15, 0.2) is 0 Å². The van der Waals surface area contributed by atoms with E-state index in [0.29, 0.717) is 11.5 Å². The molecule has 0 unspecified atom stereocenters. The van der Waals surface area contributed by atoms with E-state index < -0.39 is 5.97 Å². The molecule has 82 valence electrons. The minimum atomic E-state index is -0.801. The zero-order chi connectivity index (χ0) is 11.0. The molecule has 0 aliphatic carbocycles. The third kappa shape index (κ3) is 6.70. The smallest absolute Gasteiger partial charge is 0.330 e. The highest BCUT2D eigenvalue weighted by Crippen LogP contribution is 2.13. The number of carboxylic acid groups (broad SMARTS) is 1. The molecular formula is C12H22O2. The van der Waals surface area contributed by atoms with Crippen LogP contribution in [0.3, 0.4) is 0 Å². The van der Waals surface area contributed by atoms with Crippen molar-refractivity contribution >= 4 is 5.97 Å². The van der Waals surface area contributed by atoms with Gasteiger partial charge in [0.1, 0.15) is 0 Å². The zero-order valence-corrected chi connectivity index (χ0v) is 9.55. The van der Waals surface area contributed by atoms with Gasteiger partial charge in [-0.2, -0.15) is 0 Å². The minimum absolute atomic E-state index is 0.392. The Hall–Kier alpha value is -0.790. The fraction of sp³-hybridized carbons (Fsp3) is 0.750. The predicted octanol–water partition coefficient (Wildman–Crippen LogP) is 3.62. The van der Waals surface area contributed by atoms with E-state index >= 15 is 0 Å². The lowest BCUT2D eigenvalue weighted by Gasteiger charge is -2.06. The van der Waals surface area contributed by atoms with Gasteiger partial charge in [0.2, 0.25) is 0 Å². The molecule has 2 heteroatoms. The summed E-state index contributed by atoms with van der Waals surface area (Å²) in [4.78, 5) is 10.5. The van der Waals surface area contributed by atoms with E-state index in [1.165, 1.54) is 25.7 Å². The third-order valence-corrected chi connectivity index (χ3v) is 2.38. The molecule has 14 heavy (non-hydrogen) atoms. The van der Waals surface area contributed by atoms with Crippen LogP contribution in [0.2, 0.25) is 0 Å². The molecule has 1 atom stereocenters. The van der Waals surface area contributed by atoms with Crippen LogP contribution in [0.25, 0.3) is 0 Å². The largest absolute Gasteiger partial charge is 0.478 e. The van der Waals surface area contributed by atoms with E-state index in [0.717, 1.165) is 6.42 Å². The van der Waals surface area contributed by atoms with Crippen molar-refractivity contribution in [1.82, 2.24) is 0 Å². The van der Waals surface area contributed by atoms with E-state index in [1.54, 1.807) is 6.92 Å². The fourth-order valence-corrected chi connectivity index (χ4v) is 1.47. The van der Waals surface area contributed by atoms with Crippen LogP contribution in [0.15, 0.2) is 11.6 Å². The maximum absolute atomic E-state index is 10.5. The van der Waals surface area contributed by atoms with Gasteiger partial charge >= 0.3 is 5.97 Å². The molecule has 0 saturated heterocycles. The summed E-state index contributed by atoms with van der Waals surface area (Å²) in [6.07, 6.45) is 7.96. The molecule has 0 aromatic carbocycles. The summed E-state index contributed by atoms with van der Waals surface area (Å²) < 4.78 is 0. The van der Waals surface area contributed by atoms with Crippen LogP contribution in [0.4, 0.5) is 0 Å². The van der Waals surface area contributed by atoms with Gasteiger partial charge < -0.3 is 5.11 Å². The number of rotatable bonds is 7. The van der Waals surface area contributed by atoms with Crippen molar-refractivity contribution in [2.45, 2.75) is 52.9 Å². The van der Waals surface area contributed by atoms with Crippen molar-refractivity contribution in [3.63, 3.8) is 0 Å². The molecule has 0 aromatic rings. The first-order valence-electron chi connectivity index (χ1n) is 5.49. The molecule has 2 nitrogen and oxygen atoms in total. The first-order chi connectivity index (χ1) is 6.57. The van der Waals surface area contributed by atoms with Crippen LogP contribution < -0.4 is 0 Å². The number of hydrogen-bond acceptors (Lipinski definition) is 1. The second-order valence-electron chi connectivity index (χ2n) is 3.98. The molecule has 0 bridgehead atoms. The van der Waals surface area contributed by atoms with Crippen LogP contribution >= 0.6 is 0 Å². The molecule has 0 rings (SSSR count). The second kappa shape index (κ2) is 7.60. The van der Waals surface area contributed by atoms with Crippen molar-refractivity contribution in [2.75, 3.05) is 0 Å². The summed E-state index contributed by atoms with van der Waals surface area (Å²) >= 11 is 0. The Morgan fingerprint density at radius 3 is 2.50 bits per heavy atom. The van der Waals surface area contributed by atoms with Crippen LogP contribution in [-0.2, 0) is 4.79 Å². The van der Waals surface area contributed by atoms with Crippen molar-refractivity contribution in [1.29, 1.82) is 0 Å². The quantitative estimate of drug-likeness (QED) is 0.501. The lowest BCUT2D eigenvalue weighted by atomic mass is 10.0. The Morgan fingerprint density at radius 1 is 1.36 bits per heavy atom. The van der Waals surface area contributed by atoms with Crippen molar-refractivity contribution in [3.05, 3.63) is 11.6 Å². The van der Waals surface area contributed by atoms with Gasteiger partial charge in [-0.15, -0.1) is 0 Å². The molecule has 1 N–H and O–H groups in total. The van der Waals surface area contributed by atoms with Crippen LogP contribution in [-0.4, -0.2) is 11.1 Å². The van der Waals surface area contributed by atoms with Crippen LogP contribution in [0, 0.1) is 5.92 Å². The zero-order valence-electron chi connectivity index (χ0n) is 9.55. The van der Waals surface area contributed by atoms with Gasteiger partial charge in [-0.1, -0.05) is 45.6 Å². The number of aliphatic carboxylic acids is 1. The minimum Gasteiger partial charge on any atom is -0.478 e. The van der Waals surface area contributed by atoms with Gasteiger partial charge in [0, 0.05) is 5.57 Å². The third-order valence-electron chi connectivity index (χ3n) is 2.38. The summed E-state index contributed by atoms with van der Waals surface area (Å²) in [6.45, 7) is 5.93. The lowest BCUT2D eigenvalue weighted by Crippen LogP contribution is -1.99. The second-order valence-corrected chi connectivity index (χ2v) is 3.98. The Morgan fingerprint density at radius 2 is 2.00 bits per heavy atom. The number of hydrogen-bond donors (Lipinski definition) is 1. The summed E-state index contributed by atoms with van der Waals surface area (Å²) in [5, 5.41) is 8.67. The maximum Gasteiger partial charge on any atom is 0.330 e. The summed E-state index contributed by atoms with van der Waals surface area (Å²) in [6, 6.07) is 0. The molecule has 0 saturated carbocycles. The topological polar surface area (TPSA) is 37.3 Å². The monoisotopic (exact) mass is 198 g/mol. The molecule has 0 heterocycles. The maximum atomic E-state index is 10.5. The highest BCUT2D eigenvalue weighted by molar-refractivity contribution is 5.85. The van der Waals surface area contributed by atoms with E-state index in [4.69, 9.17) is 5.11 Å². The molecule has 0 amide bonds. The lowest BCUT2D eigenvalue weighted by molar-refractivity contribution is -0.132. The van der Waals surface area contributed by atoms with Crippen molar-refractivity contribution in [2.24, 2.45) is 5.92 Å². The summed E-state index contributed by atoms with van der Waals surface area (Å²) in [5.74, 6) is -0.409. The molecule has 0 radical (unpaired) electrons. The summed E-state index contributed by atoms with van der Waals surface area (Å²) in [5.41, 5.74) is 0.466. The average Bonchev–Trinajstić information content (AvgIpc) is 2.12. The van der Waals surface area contributed by atoms with Crippen molar-refractivity contribution in [3.8, 4) is 0 Å². The Labute approximate surface area is 87.0 Å². The Balaban J connectivity index is 3.69. The first kappa shape index (κ1) is 13.2. The number of allylic oxidation sites excluding steroid dienone is 1. The number of carboxylic acids is 1. The average molecular weight is 198 g/mol. The first-order valence-corrected chi connectivity index (χ1v) is 5.49. The molecule has 0 fully saturated rings. The highest BCUT2D eigenvalue weighted by atomic mass is 16.4. The predicted molar refractivity (Wildman–Crippen MR) is 59.3 cm³/mol. The standard InChI is InChI=1S/C12H22O2/c1-4-5-6-7-8-10(2)9-11(3)12(13)14/h9-10H,4-8H2,1-3H3,(H,13,14)/b11-9+/t10-/m0/s1. The van der Waals surface area contributed by atoms with Crippen molar-refractivity contribution < 1.29 is 9.90 Å². The SMILES string of the molecule is CCCCCC[C@H](C)/C=C(\C)C(=O)O. The van der Waals surface area contributed by atoms with Crippen LogP contribution in [0.5, 0.6) is 0 Å². The van der Waals surface area contributed by atoms with E-state index in [2.05, 4.69) is 13.8 Å². The van der Waals surface area contributed by atoms with Crippen LogP contribution in [0.1, 0.15) is 52.9 Å². The normalized spacial score (nSPS) is 14.1. The van der Waals surface area contributed by atoms with E-state index in [9.17, 15) is 4.79 Å².